The van der Waals surface area contributed by atoms with Crippen LogP contribution in [0.15, 0.2) is 34.1 Å². The number of aryl methyl sites for hydroxylation is 1. The first kappa shape index (κ1) is 15.5. The molecule has 1 aliphatic heterocycles. The van der Waals surface area contributed by atoms with Gasteiger partial charge >= 0.3 is 0 Å². The van der Waals surface area contributed by atoms with E-state index in [0.29, 0.717) is 10.7 Å². The van der Waals surface area contributed by atoms with Crippen molar-refractivity contribution in [2.75, 3.05) is 11.5 Å². The molecule has 0 saturated carbocycles. The van der Waals surface area contributed by atoms with Gasteiger partial charge in [0.1, 0.15) is 0 Å². The summed E-state index contributed by atoms with van der Waals surface area (Å²) in [5.41, 5.74) is 2.41. The van der Waals surface area contributed by atoms with Crippen LogP contribution in [0.25, 0.3) is 0 Å². The SMILES string of the molecule is O=C([O-])C1=C(C(=O)N[C@H]2CCCc3ccccc32)SCCS1. The minimum absolute atomic E-state index is 0.0412. The van der Waals surface area contributed by atoms with Crippen LogP contribution < -0.4 is 10.4 Å². The quantitative estimate of drug-likeness (QED) is 0.910. The Balaban J connectivity index is 1.82. The normalized spacial score (nSPS) is 21.2. The van der Waals surface area contributed by atoms with Gasteiger partial charge in [-0.15, -0.1) is 23.5 Å². The molecule has 0 radical (unpaired) electrons. The van der Waals surface area contributed by atoms with Gasteiger partial charge in [0.2, 0.25) is 0 Å². The molecule has 3 rings (SSSR count). The lowest BCUT2D eigenvalue weighted by Crippen LogP contribution is -2.34. The maximum absolute atomic E-state index is 12.5. The number of nitrogens with one attached hydrogen (secondary N) is 1. The highest BCUT2D eigenvalue weighted by Gasteiger charge is 2.26. The Hall–Kier alpha value is -1.40. The molecule has 22 heavy (non-hydrogen) atoms. The molecule has 116 valence electrons. The Labute approximate surface area is 137 Å². The molecule has 1 N–H and O–H groups in total. The molecule has 1 amide bonds. The Bertz CT molecular complexity index is 642. The van der Waals surface area contributed by atoms with Gasteiger partial charge < -0.3 is 15.2 Å². The summed E-state index contributed by atoms with van der Waals surface area (Å²) in [6.45, 7) is 0. The van der Waals surface area contributed by atoms with Crippen molar-refractivity contribution in [2.24, 2.45) is 0 Å². The molecule has 0 bridgehead atoms. The molecule has 0 spiro atoms. The van der Waals surface area contributed by atoms with Gasteiger partial charge in [-0.1, -0.05) is 24.3 Å². The number of rotatable bonds is 3. The Morgan fingerprint density at radius 1 is 1.14 bits per heavy atom. The summed E-state index contributed by atoms with van der Waals surface area (Å²) in [7, 11) is 0. The van der Waals surface area contributed by atoms with Crippen LogP contribution in [-0.2, 0) is 16.0 Å². The number of carbonyl (C=O) groups excluding carboxylic acids is 2. The first-order chi connectivity index (χ1) is 10.7. The van der Waals surface area contributed by atoms with Crippen LogP contribution in [0.5, 0.6) is 0 Å². The van der Waals surface area contributed by atoms with Crippen molar-refractivity contribution >= 4 is 35.4 Å². The highest BCUT2D eigenvalue weighted by atomic mass is 32.2. The maximum Gasteiger partial charge on any atom is 0.259 e. The third-order valence-electron chi connectivity index (χ3n) is 3.85. The van der Waals surface area contributed by atoms with E-state index in [1.165, 1.54) is 29.1 Å². The number of benzene rings is 1. The van der Waals surface area contributed by atoms with E-state index in [1.807, 2.05) is 18.2 Å². The molecule has 4 nitrogen and oxygen atoms in total. The average Bonchev–Trinajstić information content (AvgIpc) is 2.55. The summed E-state index contributed by atoms with van der Waals surface area (Å²) >= 11 is 2.49. The molecule has 0 unspecified atom stereocenters. The van der Waals surface area contributed by atoms with Gasteiger partial charge in [0, 0.05) is 16.4 Å². The number of fused-ring (bicyclic) bond motifs is 1. The number of amides is 1. The van der Waals surface area contributed by atoms with Gasteiger partial charge in [-0.25, -0.2) is 0 Å². The van der Waals surface area contributed by atoms with E-state index < -0.39 is 5.97 Å². The van der Waals surface area contributed by atoms with Crippen LogP contribution in [0, 0.1) is 0 Å². The van der Waals surface area contributed by atoms with E-state index in [9.17, 15) is 14.7 Å². The second kappa shape index (κ2) is 6.79. The topological polar surface area (TPSA) is 69.2 Å². The lowest BCUT2D eigenvalue weighted by Gasteiger charge is -2.28. The van der Waals surface area contributed by atoms with Crippen LogP contribution >= 0.6 is 23.5 Å². The Morgan fingerprint density at radius 2 is 1.86 bits per heavy atom. The number of carbonyl (C=O) groups is 2. The van der Waals surface area contributed by atoms with Crippen molar-refractivity contribution in [3.8, 4) is 0 Å². The molecule has 6 heteroatoms. The van der Waals surface area contributed by atoms with Gasteiger partial charge in [0.25, 0.3) is 5.91 Å². The molecule has 1 heterocycles. The third kappa shape index (κ3) is 3.17. The summed E-state index contributed by atoms with van der Waals surface area (Å²) in [6, 6.07) is 8.06. The van der Waals surface area contributed by atoms with Gasteiger partial charge in [-0.05, 0) is 30.4 Å². The second-order valence-corrected chi connectivity index (χ2v) is 7.47. The van der Waals surface area contributed by atoms with Crippen molar-refractivity contribution < 1.29 is 14.7 Å². The molecular weight excluding hydrogens is 318 g/mol. The van der Waals surface area contributed by atoms with E-state index in [0.717, 1.165) is 30.6 Å². The number of carboxylic acid groups (broad SMARTS) is 1. The van der Waals surface area contributed by atoms with Crippen molar-refractivity contribution in [2.45, 2.75) is 25.3 Å². The lowest BCUT2D eigenvalue weighted by atomic mass is 9.88. The lowest BCUT2D eigenvalue weighted by molar-refractivity contribution is -0.298. The van der Waals surface area contributed by atoms with Crippen LogP contribution in [-0.4, -0.2) is 23.4 Å². The zero-order valence-electron chi connectivity index (χ0n) is 12.0. The third-order valence-corrected chi connectivity index (χ3v) is 6.39. The maximum atomic E-state index is 12.5. The van der Waals surface area contributed by atoms with E-state index in [2.05, 4.69) is 11.4 Å². The average molecular weight is 334 g/mol. The van der Waals surface area contributed by atoms with E-state index in [-0.39, 0.29) is 16.9 Å². The molecule has 0 fully saturated rings. The Morgan fingerprint density at radius 3 is 2.64 bits per heavy atom. The van der Waals surface area contributed by atoms with E-state index in [1.54, 1.807) is 0 Å². The molecule has 0 saturated heterocycles. The van der Waals surface area contributed by atoms with E-state index in [4.69, 9.17) is 0 Å². The van der Waals surface area contributed by atoms with Crippen molar-refractivity contribution in [3.05, 3.63) is 45.2 Å². The van der Waals surface area contributed by atoms with Gasteiger partial charge in [0.05, 0.1) is 16.9 Å². The summed E-state index contributed by atoms with van der Waals surface area (Å²) < 4.78 is 0. The Kier molecular flexibility index (Phi) is 4.78. The van der Waals surface area contributed by atoms with E-state index >= 15 is 0 Å². The minimum atomic E-state index is -1.26. The van der Waals surface area contributed by atoms with Crippen LogP contribution in [0.4, 0.5) is 0 Å². The predicted octanol–water partition coefficient (Wildman–Crippen LogP) is 1.62. The van der Waals surface area contributed by atoms with Crippen LogP contribution in [0.3, 0.4) is 0 Å². The monoisotopic (exact) mass is 334 g/mol. The van der Waals surface area contributed by atoms with Gasteiger partial charge in [-0.3, -0.25) is 4.79 Å². The molecule has 1 aromatic rings. The second-order valence-electron chi connectivity index (χ2n) is 5.26. The molecule has 1 aliphatic carbocycles. The molecule has 0 aromatic heterocycles. The zero-order chi connectivity index (χ0) is 15.5. The number of carboxylic acids is 1. The summed E-state index contributed by atoms with van der Waals surface area (Å²) in [6.07, 6.45) is 2.94. The van der Waals surface area contributed by atoms with Gasteiger partial charge in [-0.2, -0.15) is 0 Å². The first-order valence-electron chi connectivity index (χ1n) is 7.26. The minimum Gasteiger partial charge on any atom is -0.544 e. The highest BCUT2D eigenvalue weighted by Crippen LogP contribution is 2.35. The fraction of sp³-hybridized carbons (Fsp3) is 0.375. The van der Waals surface area contributed by atoms with Gasteiger partial charge in [0.15, 0.2) is 0 Å². The highest BCUT2D eigenvalue weighted by molar-refractivity contribution is 8.11. The number of hydrogen-bond donors (Lipinski definition) is 1. The zero-order valence-corrected chi connectivity index (χ0v) is 13.6. The van der Waals surface area contributed by atoms with Crippen LogP contribution in [0.2, 0.25) is 0 Å². The standard InChI is InChI=1S/C16H17NO3S2/c18-15(13-14(16(19)20)22-9-8-21-13)17-12-7-3-5-10-4-1-2-6-11(10)12/h1-2,4,6,12H,3,5,7-9H2,(H,17,18)(H,19,20)/p-1/t12-/m0/s1. The summed E-state index contributed by atoms with van der Waals surface area (Å²) in [5, 5.41) is 14.2. The summed E-state index contributed by atoms with van der Waals surface area (Å²) in [5.74, 6) is -0.118. The largest absolute Gasteiger partial charge is 0.544 e. The van der Waals surface area contributed by atoms with Crippen molar-refractivity contribution in [3.63, 3.8) is 0 Å². The molecular formula is C16H16NO3S2-. The number of thioether (sulfide) groups is 2. The first-order valence-corrected chi connectivity index (χ1v) is 9.24. The molecule has 2 aliphatic rings. The summed E-state index contributed by atoms with van der Waals surface area (Å²) in [4.78, 5) is 24.0. The van der Waals surface area contributed by atoms with Crippen molar-refractivity contribution in [1.29, 1.82) is 0 Å². The smallest absolute Gasteiger partial charge is 0.259 e. The molecule has 1 atom stereocenters. The fourth-order valence-corrected chi connectivity index (χ4v) is 5.04. The molecule has 1 aromatic carbocycles. The number of aliphatic carboxylic acids is 1. The fourth-order valence-electron chi connectivity index (χ4n) is 2.87. The van der Waals surface area contributed by atoms with Crippen LogP contribution in [0.1, 0.15) is 30.0 Å². The predicted molar refractivity (Wildman–Crippen MR) is 87.2 cm³/mol. The number of hydrogen-bond acceptors (Lipinski definition) is 5. The van der Waals surface area contributed by atoms with Crippen molar-refractivity contribution in [1.82, 2.24) is 5.32 Å².